The molecule has 3 heteroatoms. The van der Waals surface area contributed by atoms with Gasteiger partial charge in [-0.1, -0.05) is 30.3 Å². The summed E-state index contributed by atoms with van der Waals surface area (Å²) in [7, 11) is 1.96. The molecule has 0 amide bonds. The van der Waals surface area contributed by atoms with Crippen LogP contribution in [0.15, 0.2) is 54.9 Å². The molecule has 98 valence electrons. The number of hydrogen-bond acceptors (Lipinski definition) is 3. The summed E-state index contributed by atoms with van der Waals surface area (Å²) < 4.78 is 0. The molecular weight excluding hydrogens is 236 g/mol. The van der Waals surface area contributed by atoms with E-state index in [4.69, 9.17) is 0 Å². The highest BCUT2D eigenvalue weighted by Crippen LogP contribution is 2.10. The van der Waals surface area contributed by atoms with Crippen molar-refractivity contribution in [2.24, 2.45) is 0 Å². The van der Waals surface area contributed by atoms with Crippen molar-refractivity contribution in [3.8, 4) is 0 Å². The maximum Gasteiger partial charge on any atom is 0.179 e. The third-order valence-corrected chi connectivity index (χ3v) is 3.28. The number of benzene rings is 1. The quantitative estimate of drug-likeness (QED) is 0.769. The number of ketones is 1. The van der Waals surface area contributed by atoms with E-state index in [9.17, 15) is 4.79 Å². The smallest absolute Gasteiger partial charge is 0.179 e. The van der Waals surface area contributed by atoms with Crippen molar-refractivity contribution in [3.63, 3.8) is 0 Å². The Hall–Kier alpha value is -2.00. The van der Waals surface area contributed by atoms with Gasteiger partial charge in [-0.2, -0.15) is 0 Å². The van der Waals surface area contributed by atoms with Gasteiger partial charge in [0.2, 0.25) is 0 Å². The average molecular weight is 254 g/mol. The Balaban J connectivity index is 2.03. The van der Waals surface area contributed by atoms with Crippen LogP contribution in [0.3, 0.4) is 0 Å². The fraction of sp³-hybridized carbons (Fsp3) is 0.250. The molecule has 2 rings (SSSR count). The van der Waals surface area contributed by atoms with Gasteiger partial charge in [0.25, 0.3) is 0 Å². The average Bonchev–Trinajstić information content (AvgIpc) is 2.47. The summed E-state index contributed by atoms with van der Waals surface area (Å²) in [4.78, 5) is 18.4. The van der Waals surface area contributed by atoms with Crippen molar-refractivity contribution in [1.82, 2.24) is 9.88 Å². The molecular formula is C16H18N2O. The fourth-order valence-corrected chi connectivity index (χ4v) is 1.96. The van der Waals surface area contributed by atoms with Crippen LogP contribution in [-0.2, 0) is 6.54 Å². The second kappa shape index (κ2) is 6.25. The molecule has 0 N–H and O–H groups in total. The van der Waals surface area contributed by atoms with Crippen LogP contribution in [0.1, 0.15) is 22.8 Å². The number of aromatic nitrogens is 1. The number of nitrogens with zero attached hydrogens (tertiary/aromatic N) is 2. The van der Waals surface area contributed by atoms with Gasteiger partial charge in [0.1, 0.15) is 0 Å². The lowest BCUT2D eigenvalue weighted by Gasteiger charge is -2.23. The second-order valence-corrected chi connectivity index (χ2v) is 4.68. The molecule has 1 aromatic heterocycles. The van der Waals surface area contributed by atoms with E-state index in [0.29, 0.717) is 0 Å². The van der Waals surface area contributed by atoms with Gasteiger partial charge in [-0.25, -0.2) is 0 Å². The Bertz CT molecular complexity index is 525. The maximum absolute atomic E-state index is 12.3. The molecule has 2 aromatic rings. The SMILES string of the molecule is CC(C(=O)c1ccccc1)N(C)Cc1ccncc1. The van der Waals surface area contributed by atoms with Gasteiger partial charge >= 0.3 is 0 Å². The maximum atomic E-state index is 12.3. The molecule has 19 heavy (non-hydrogen) atoms. The topological polar surface area (TPSA) is 33.2 Å². The molecule has 0 aliphatic heterocycles. The molecule has 0 saturated heterocycles. The summed E-state index contributed by atoms with van der Waals surface area (Å²) in [5, 5.41) is 0. The predicted molar refractivity (Wildman–Crippen MR) is 75.9 cm³/mol. The lowest BCUT2D eigenvalue weighted by atomic mass is 10.0. The summed E-state index contributed by atoms with van der Waals surface area (Å²) in [6, 6.07) is 13.2. The molecule has 0 bridgehead atoms. The lowest BCUT2D eigenvalue weighted by Crippen LogP contribution is -2.35. The minimum Gasteiger partial charge on any atom is -0.292 e. The third-order valence-electron chi connectivity index (χ3n) is 3.28. The molecule has 0 saturated carbocycles. The minimum absolute atomic E-state index is 0.143. The highest BCUT2D eigenvalue weighted by Gasteiger charge is 2.19. The standard InChI is InChI=1S/C16H18N2O/c1-13(16(19)15-6-4-3-5-7-15)18(2)12-14-8-10-17-11-9-14/h3-11,13H,12H2,1-2H3. The third kappa shape index (κ3) is 3.48. The first-order chi connectivity index (χ1) is 9.18. The van der Waals surface area contributed by atoms with Gasteiger partial charge in [-0.15, -0.1) is 0 Å². The molecule has 1 atom stereocenters. The zero-order valence-corrected chi connectivity index (χ0v) is 11.3. The Morgan fingerprint density at radius 3 is 2.42 bits per heavy atom. The summed E-state index contributed by atoms with van der Waals surface area (Å²) in [5.41, 5.74) is 1.92. The van der Waals surface area contributed by atoms with Crippen molar-refractivity contribution < 1.29 is 4.79 Å². The van der Waals surface area contributed by atoms with Crippen molar-refractivity contribution in [2.45, 2.75) is 19.5 Å². The van der Waals surface area contributed by atoms with Crippen LogP contribution >= 0.6 is 0 Å². The lowest BCUT2D eigenvalue weighted by molar-refractivity contribution is 0.0862. The molecule has 0 fully saturated rings. The first-order valence-corrected chi connectivity index (χ1v) is 6.37. The van der Waals surface area contributed by atoms with Crippen LogP contribution in [-0.4, -0.2) is 28.8 Å². The predicted octanol–water partition coefficient (Wildman–Crippen LogP) is 2.78. The second-order valence-electron chi connectivity index (χ2n) is 4.68. The summed E-state index contributed by atoms with van der Waals surface area (Å²) in [6.45, 7) is 2.68. The van der Waals surface area contributed by atoms with Crippen LogP contribution in [0, 0.1) is 0 Å². The summed E-state index contributed by atoms with van der Waals surface area (Å²) in [6.07, 6.45) is 3.54. The van der Waals surface area contributed by atoms with Crippen molar-refractivity contribution in [1.29, 1.82) is 0 Å². The van der Waals surface area contributed by atoms with Crippen molar-refractivity contribution in [3.05, 3.63) is 66.0 Å². The largest absolute Gasteiger partial charge is 0.292 e. The molecule has 0 spiro atoms. The number of pyridine rings is 1. The number of Topliss-reactive ketones (excluding diaryl/α,β-unsaturated/α-hetero) is 1. The van der Waals surface area contributed by atoms with Crippen LogP contribution in [0.2, 0.25) is 0 Å². The van der Waals surface area contributed by atoms with Gasteiger partial charge in [-0.3, -0.25) is 14.7 Å². The van der Waals surface area contributed by atoms with E-state index in [1.165, 1.54) is 0 Å². The van der Waals surface area contributed by atoms with E-state index < -0.39 is 0 Å². The number of carbonyl (C=O) groups excluding carboxylic acids is 1. The van der Waals surface area contributed by atoms with Gasteiger partial charge in [0, 0.05) is 24.5 Å². The number of carbonyl (C=O) groups is 1. The molecule has 1 heterocycles. The zero-order chi connectivity index (χ0) is 13.7. The van der Waals surface area contributed by atoms with E-state index >= 15 is 0 Å². The van der Waals surface area contributed by atoms with Gasteiger partial charge in [0.05, 0.1) is 6.04 Å². The van der Waals surface area contributed by atoms with E-state index in [1.54, 1.807) is 12.4 Å². The van der Waals surface area contributed by atoms with Gasteiger partial charge in [0.15, 0.2) is 5.78 Å². The number of hydrogen-bond donors (Lipinski definition) is 0. The highest BCUT2D eigenvalue weighted by molar-refractivity contribution is 5.99. The van der Waals surface area contributed by atoms with E-state index in [2.05, 4.69) is 4.98 Å². The van der Waals surface area contributed by atoms with E-state index in [0.717, 1.165) is 17.7 Å². The van der Waals surface area contributed by atoms with Crippen LogP contribution < -0.4 is 0 Å². The molecule has 0 radical (unpaired) electrons. The fourth-order valence-electron chi connectivity index (χ4n) is 1.96. The van der Waals surface area contributed by atoms with E-state index in [1.807, 2.05) is 61.3 Å². The number of rotatable bonds is 5. The minimum atomic E-state index is -0.143. The molecule has 0 aliphatic carbocycles. The Labute approximate surface area is 113 Å². The highest BCUT2D eigenvalue weighted by atomic mass is 16.1. The Morgan fingerprint density at radius 2 is 1.79 bits per heavy atom. The Morgan fingerprint density at radius 1 is 1.16 bits per heavy atom. The van der Waals surface area contributed by atoms with Crippen molar-refractivity contribution >= 4 is 5.78 Å². The van der Waals surface area contributed by atoms with Crippen LogP contribution in [0.25, 0.3) is 0 Å². The van der Waals surface area contributed by atoms with Crippen LogP contribution in [0.4, 0.5) is 0 Å². The first kappa shape index (κ1) is 13.4. The van der Waals surface area contributed by atoms with E-state index in [-0.39, 0.29) is 11.8 Å². The Kier molecular flexibility index (Phi) is 4.42. The molecule has 3 nitrogen and oxygen atoms in total. The first-order valence-electron chi connectivity index (χ1n) is 6.37. The van der Waals surface area contributed by atoms with Gasteiger partial charge in [-0.05, 0) is 31.7 Å². The monoisotopic (exact) mass is 254 g/mol. The molecule has 1 unspecified atom stereocenters. The normalized spacial score (nSPS) is 12.4. The number of likely N-dealkylation sites (N-methyl/N-ethyl adjacent to an activating group) is 1. The van der Waals surface area contributed by atoms with Crippen LogP contribution in [0.5, 0.6) is 0 Å². The zero-order valence-electron chi connectivity index (χ0n) is 11.3. The summed E-state index contributed by atoms with van der Waals surface area (Å²) in [5.74, 6) is 0.150. The van der Waals surface area contributed by atoms with Crippen molar-refractivity contribution in [2.75, 3.05) is 7.05 Å². The molecule has 1 aromatic carbocycles. The summed E-state index contributed by atoms with van der Waals surface area (Å²) >= 11 is 0. The van der Waals surface area contributed by atoms with Gasteiger partial charge < -0.3 is 0 Å². The molecule has 0 aliphatic rings.